The maximum Gasteiger partial charge on any atom is 0.256 e. The first-order valence-electron chi connectivity index (χ1n) is 7.14. The van der Waals surface area contributed by atoms with Gasteiger partial charge in [0, 0.05) is 28.0 Å². The van der Waals surface area contributed by atoms with E-state index < -0.39 is 0 Å². The minimum atomic E-state index is -0.294. The van der Waals surface area contributed by atoms with Crippen molar-refractivity contribution < 1.29 is 9.18 Å². The van der Waals surface area contributed by atoms with Gasteiger partial charge >= 0.3 is 0 Å². The van der Waals surface area contributed by atoms with Crippen molar-refractivity contribution >= 4 is 23.2 Å². The highest BCUT2D eigenvalue weighted by molar-refractivity contribution is 6.35. The highest BCUT2D eigenvalue weighted by atomic mass is 19.1. The Balaban J connectivity index is 1.80. The Kier molecular flexibility index (Phi) is 3.05. The Bertz CT molecular complexity index is 925. The number of nitrogens with one attached hydrogen (secondary N) is 2. The molecule has 23 heavy (non-hydrogen) atoms. The Hall–Kier alpha value is -3.21. The highest BCUT2D eigenvalue weighted by Gasteiger charge is 2.24. The van der Waals surface area contributed by atoms with Crippen LogP contribution in [0.4, 0.5) is 10.1 Å². The molecule has 0 unspecified atom stereocenters. The molecule has 1 amide bonds. The molecule has 0 spiro atoms. The number of carbonyl (C=O) groups excluding carboxylic acids is 1. The first kappa shape index (κ1) is 13.5. The number of aromatic nitrogens is 2. The molecule has 1 aromatic heterocycles. The van der Waals surface area contributed by atoms with Crippen molar-refractivity contribution in [3.8, 4) is 11.3 Å². The van der Waals surface area contributed by atoms with Crippen molar-refractivity contribution in [3.63, 3.8) is 0 Å². The number of anilines is 1. The van der Waals surface area contributed by atoms with Gasteiger partial charge < -0.3 is 5.32 Å². The van der Waals surface area contributed by atoms with E-state index in [0.29, 0.717) is 5.57 Å². The van der Waals surface area contributed by atoms with Crippen molar-refractivity contribution in [1.82, 2.24) is 10.2 Å². The smallest absolute Gasteiger partial charge is 0.256 e. The molecular weight excluding hydrogens is 293 g/mol. The third-order valence-corrected chi connectivity index (χ3v) is 3.81. The van der Waals surface area contributed by atoms with Crippen molar-refractivity contribution in [1.29, 1.82) is 0 Å². The minimum Gasteiger partial charge on any atom is -0.321 e. The van der Waals surface area contributed by atoms with Gasteiger partial charge in [0.2, 0.25) is 0 Å². The van der Waals surface area contributed by atoms with E-state index in [1.165, 1.54) is 12.1 Å². The number of hydrogen-bond donors (Lipinski definition) is 2. The maximum atomic E-state index is 13.1. The number of halogens is 1. The number of H-pyrrole nitrogens is 1. The molecule has 1 aliphatic rings. The van der Waals surface area contributed by atoms with E-state index in [1.807, 2.05) is 24.3 Å². The van der Waals surface area contributed by atoms with E-state index in [2.05, 4.69) is 15.5 Å². The number of carbonyl (C=O) groups is 1. The van der Waals surface area contributed by atoms with Crippen LogP contribution in [0.5, 0.6) is 0 Å². The minimum absolute atomic E-state index is 0.141. The van der Waals surface area contributed by atoms with Gasteiger partial charge in [0.05, 0.1) is 11.9 Å². The van der Waals surface area contributed by atoms with Gasteiger partial charge in [-0.25, -0.2) is 4.39 Å². The fourth-order valence-corrected chi connectivity index (χ4v) is 2.69. The van der Waals surface area contributed by atoms with E-state index >= 15 is 0 Å². The van der Waals surface area contributed by atoms with Crippen LogP contribution in [-0.2, 0) is 4.79 Å². The molecule has 1 aliphatic heterocycles. The van der Waals surface area contributed by atoms with Crippen LogP contribution in [0.3, 0.4) is 0 Å². The predicted octanol–water partition coefficient (Wildman–Crippen LogP) is 3.71. The lowest BCUT2D eigenvalue weighted by atomic mass is 10.0. The van der Waals surface area contributed by atoms with Crippen molar-refractivity contribution in [2.45, 2.75) is 0 Å². The quantitative estimate of drug-likeness (QED) is 0.709. The van der Waals surface area contributed by atoms with Gasteiger partial charge in [-0.15, -0.1) is 0 Å². The summed E-state index contributed by atoms with van der Waals surface area (Å²) in [6.45, 7) is 0. The van der Waals surface area contributed by atoms with Crippen molar-refractivity contribution in [2.75, 3.05) is 5.32 Å². The van der Waals surface area contributed by atoms with E-state index in [1.54, 1.807) is 24.4 Å². The summed E-state index contributed by atoms with van der Waals surface area (Å²) in [5.41, 5.74) is 4.58. The van der Waals surface area contributed by atoms with Crippen LogP contribution in [0.25, 0.3) is 22.9 Å². The summed E-state index contributed by atoms with van der Waals surface area (Å²) < 4.78 is 13.1. The van der Waals surface area contributed by atoms with Crippen LogP contribution in [0, 0.1) is 5.82 Å². The molecule has 3 aromatic rings. The van der Waals surface area contributed by atoms with E-state index in [-0.39, 0.29) is 11.7 Å². The number of aromatic amines is 1. The van der Waals surface area contributed by atoms with Gasteiger partial charge in [-0.3, -0.25) is 9.89 Å². The van der Waals surface area contributed by atoms with Crippen LogP contribution in [-0.4, -0.2) is 16.1 Å². The largest absolute Gasteiger partial charge is 0.321 e. The molecule has 0 aliphatic carbocycles. The second-order valence-electron chi connectivity index (χ2n) is 5.26. The molecule has 0 fully saturated rings. The Morgan fingerprint density at radius 2 is 1.83 bits per heavy atom. The van der Waals surface area contributed by atoms with E-state index in [9.17, 15) is 9.18 Å². The van der Waals surface area contributed by atoms with Gasteiger partial charge in [-0.2, -0.15) is 5.10 Å². The fraction of sp³-hybridized carbons (Fsp3) is 0. The summed E-state index contributed by atoms with van der Waals surface area (Å²) in [4.78, 5) is 12.2. The summed E-state index contributed by atoms with van der Waals surface area (Å²) in [6, 6.07) is 13.7. The van der Waals surface area contributed by atoms with Crippen LogP contribution in [0.15, 0.2) is 54.7 Å². The Labute approximate surface area is 131 Å². The van der Waals surface area contributed by atoms with Gasteiger partial charge in [0.15, 0.2) is 0 Å². The van der Waals surface area contributed by atoms with Crippen LogP contribution >= 0.6 is 0 Å². The molecule has 2 aromatic carbocycles. The number of para-hydroxylation sites is 1. The summed E-state index contributed by atoms with van der Waals surface area (Å²) in [5, 5.41) is 9.79. The third kappa shape index (κ3) is 2.32. The predicted molar refractivity (Wildman–Crippen MR) is 86.9 cm³/mol. The molecule has 5 heteroatoms. The maximum absolute atomic E-state index is 13.1. The average molecular weight is 305 g/mol. The van der Waals surface area contributed by atoms with Gasteiger partial charge in [0.1, 0.15) is 5.82 Å². The zero-order valence-electron chi connectivity index (χ0n) is 12.0. The van der Waals surface area contributed by atoms with E-state index in [0.717, 1.165) is 28.1 Å². The molecule has 112 valence electrons. The normalized spacial score (nSPS) is 14.8. The summed E-state index contributed by atoms with van der Waals surface area (Å²) in [6.07, 6.45) is 3.45. The number of hydrogen-bond acceptors (Lipinski definition) is 2. The van der Waals surface area contributed by atoms with Crippen molar-refractivity contribution in [3.05, 3.63) is 71.7 Å². The molecule has 0 atom stereocenters. The molecule has 2 N–H and O–H groups in total. The first-order chi connectivity index (χ1) is 11.2. The lowest BCUT2D eigenvalue weighted by Gasteiger charge is -2.01. The molecule has 4 rings (SSSR count). The van der Waals surface area contributed by atoms with Crippen LogP contribution in [0.1, 0.15) is 11.1 Å². The monoisotopic (exact) mass is 305 g/mol. The molecule has 2 heterocycles. The van der Waals surface area contributed by atoms with E-state index in [4.69, 9.17) is 0 Å². The lowest BCUT2D eigenvalue weighted by molar-refractivity contribution is -0.110. The lowest BCUT2D eigenvalue weighted by Crippen LogP contribution is -2.03. The second-order valence-corrected chi connectivity index (χ2v) is 5.26. The van der Waals surface area contributed by atoms with Crippen molar-refractivity contribution in [2.24, 2.45) is 0 Å². The first-order valence-corrected chi connectivity index (χ1v) is 7.14. The zero-order chi connectivity index (χ0) is 15.8. The Morgan fingerprint density at radius 1 is 1.04 bits per heavy atom. The van der Waals surface area contributed by atoms with Crippen LogP contribution in [0.2, 0.25) is 0 Å². The fourth-order valence-electron chi connectivity index (χ4n) is 2.69. The zero-order valence-corrected chi connectivity index (χ0v) is 12.0. The summed E-state index contributed by atoms with van der Waals surface area (Å²) in [5.74, 6) is -0.435. The SMILES string of the molecule is O=C1Nc2ccccc2/C1=C/c1cn[nH]c1-c1ccc(F)cc1. The Morgan fingerprint density at radius 3 is 2.65 bits per heavy atom. The van der Waals surface area contributed by atoms with Gasteiger partial charge in [-0.05, 0) is 36.4 Å². The summed E-state index contributed by atoms with van der Waals surface area (Å²) in [7, 11) is 0. The second kappa shape index (κ2) is 5.21. The number of fused-ring (bicyclic) bond motifs is 1. The standard InChI is InChI=1S/C18H12FN3O/c19-13-7-5-11(6-8-13)17-12(10-20-22-17)9-15-14-3-1-2-4-16(14)21-18(15)23/h1-10H,(H,20,22)(H,21,23)/b15-9-. The molecule has 0 bridgehead atoms. The van der Waals surface area contributed by atoms with Gasteiger partial charge in [0.25, 0.3) is 5.91 Å². The number of nitrogens with zero attached hydrogens (tertiary/aromatic N) is 1. The molecule has 4 nitrogen and oxygen atoms in total. The topological polar surface area (TPSA) is 57.8 Å². The third-order valence-electron chi connectivity index (χ3n) is 3.81. The molecular formula is C18H12FN3O. The average Bonchev–Trinajstić information content (AvgIpc) is 3.14. The number of amides is 1. The summed E-state index contributed by atoms with van der Waals surface area (Å²) >= 11 is 0. The van der Waals surface area contributed by atoms with Gasteiger partial charge in [-0.1, -0.05) is 18.2 Å². The van der Waals surface area contributed by atoms with Crippen LogP contribution < -0.4 is 5.32 Å². The molecule has 0 radical (unpaired) electrons. The molecule has 0 saturated carbocycles. The highest BCUT2D eigenvalue weighted by Crippen LogP contribution is 2.34. The molecule has 0 saturated heterocycles. The number of benzene rings is 2. The number of rotatable bonds is 2.